The van der Waals surface area contributed by atoms with Crippen molar-refractivity contribution in [3.63, 3.8) is 0 Å². The molecule has 3 saturated heterocycles. The number of imide groups is 1. The molecule has 3 aliphatic heterocycles. The first-order valence-corrected chi connectivity index (χ1v) is 8.91. The van der Waals surface area contributed by atoms with Gasteiger partial charge in [0.2, 0.25) is 11.8 Å². The zero-order chi connectivity index (χ0) is 18.0. The van der Waals surface area contributed by atoms with Crippen molar-refractivity contribution in [3.05, 3.63) is 46.9 Å². The van der Waals surface area contributed by atoms with Crippen LogP contribution in [0.4, 0.5) is 10.2 Å². The average molecular weight is 376 g/mol. The molecule has 4 atom stereocenters. The van der Waals surface area contributed by atoms with Gasteiger partial charge in [0.15, 0.2) is 5.82 Å². The molecule has 0 aliphatic carbocycles. The normalized spacial score (nSPS) is 29.7. The molecule has 6 nitrogen and oxygen atoms in total. The molecule has 134 valence electrons. The number of rotatable bonds is 3. The Balaban J connectivity index is 1.40. The lowest BCUT2D eigenvalue weighted by atomic mass is 9.81. The lowest BCUT2D eigenvalue weighted by molar-refractivity contribution is -0.124. The van der Waals surface area contributed by atoms with E-state index in [1.165, 1.54) is 17.0 Å². The smallest absolute Gasteiger partial charge is 0.241 e. The number of carbonyl (C=O) groups is 2. The summed E-state index contributed by atoms with van der Waals surface area (Å²) in [6.07, 6.45) is 3.04. The van der Waals surface area contributed by atoms with Crippen molar-refractivity contribution in [1.29, 1.82) is 0 Å². The molecule has 0 radical (unpaired) electrons. The predicted molar refractivity (Wildman–Crippen MR) is 90.1 cm³/mol. The summed E-state index contributed by atoms with van der Waals surface area (Å²) in [4.78, 5) is 26.7. The van der Waals surface area contributed by atoms with E-state index in [2.05, 4.69) is 5.10 Å². The van der Waals surface area contributed by atoms with Crippen LogP contribution in [0.15, 0.2) is 30.5 Å². The van der Waals surface area contributed by atoms with Gasteiger partial charge in [-0.25, -0.2) is 9.29 Å². The third kappa shape index (κ3) is 2.23. The third-order valence-electron chi connectivity index (χ3n) is 5.49. The third-order valence-corrected chi connectivity index (χ3v) is 5.84. The molecule has 1 aromatic heterocycles. The van der Waals surface area contributed by atoms with Crippen LogP contribution in [-0.4, -0.2) is 33.8 Å². The van der Waals surface area contributed by atoms with Gasteiger partial charge in [0.25, 0.3) is 0 Å². The summed E-state index contributed by atoms with van der Waals surface area (Å²) in [5, 5.41) is 4.66. The molecule has 2 amide bonds. The SMILES string of the molecule is O=C1[C@@H]2[C@H](C(=O)N1c1ccn(Cc3ccc(F)cc3Cl)n1)[C@H]1CC[C@H]2O1. The van der Waals surface area contributed by atoms with E-state index >= 15 is 0 Å². The average Bonchev–Trinajstić information content (AvgIpc) is 3.35. The van der Waals surface area contributed by atoms with E-state index in [4.69, 9.17) is 16.3 Å². The second-order valence-corrected chi connectivity index (χ2v) is 7.37. The van der Waals surface area contributed by atoms with E-state index in [1.54, 1.807) is 23.0 Å². The number of benzene rings is 1. The van der Waals surface area contributed by atoms with Gasteiger partial charge in [-0.3, -0.25) is 14.3 Å². The standard InChI is InChI=1S/C18H15ClFN3O3/c19-11-7-10(20)2-1-9(11)8-22-6-5-14(21-22)23-17(24)15-12-3-4-13(26-12)16(15)18(23)25/h1-2,5-7,12-13,15-16H,3-4,8H2/t12-,13-,15-,16+/m1/s1. The van der Waals surface area contributed by atoms with E-state index in [-0.39, 0.29) is 35.9 Å². The first-order valence-electron chi connectivity index (χ1n) is 8.53. The number of ether oxygens (including phenoxy) is 1. The second-order valence-electron chi connectivity index (χ2n) is 6.96. The van der Waals surface area contributed by atoms with E-state index in [0.717, 1.165) is 12.8 Å². The summed E-state index contributed by atoms with van der Waals surface area (Å²) in [6.45, 7) is 0.316. The van der Waals surface area contributed by atoms with Gasteiger partial charge in [-0.15, -0.1) is 0 Å². The quantitative estimate of drug-likeness (QED) is 0.773. The number of anilines is 1. The molecule has 0 saturated carbocycles. The first kappa shape index (κ1) is 16.0. The molecule has 2 bridgehead atoms. The van der Waals surface area contributed by atoms with Crippen LogP contribution in [0.1, 0.15) is 18.4 Å². The van der Waals surface area contributed by atoms with Crippen molar-refractivity contribution in [2.24, 2.45) is 11.8 Å². The Morgan fingerprint density at radius 3 is 2.50 bits per heavy atom. The van der Waals surface area contributed by atoms with Crippen LogP contribution < -0.4 is 4.90 Å². The lowest BCUT2D eigenvalue weighted by Crippen LogP contribution is -2.34. The minimum atomic E-state index is -0.406. The zero-order valence-corrected chi connectivity index (χ0v) is 14.4. The summed E-state index contributed by atoms with van der Waals surface area (Å²) in [5.41, 5.74) is 0.699. The molecule has 0 spiro atoms. The maximum absolute atomic E-state index is 13.2. The molecular formula is C18H15ClFN3O3. The fourth-order valence-electron chi connectivity index (χ4n) is 4.32. The number of aromatic nitrogens is 2. The van der Waals surface area contributed by atoms with Crippen molar-refractivity contribution in [1.82, 2.24) is 9.78 Å². The molecule has 2 aromatic rings. The molecule has 1 aromatic carbocycles. The first-order chi connectivity index (χ1) is 12.5. The Labute approximate surface area is 153 Å². The topological polar surface area (TPSA) is 64.4 Å². The summed E-state index contributed by atoms with van der Waals surface area (Å²) in [7, 11) is 0. The maximum atomic E-state index is 13.2. The van der Waals surface area contributed by atoms with Gasteiger partial charge in [0, 0.05) is 17.3 Å². The van der Waals surface area contributed by atoms with Crippen LogP contribution in [0, 0.1) is 17.7 Å². The van der Waals surface area contributed by atoms with Crippen LogP contribution in [0.3, 0.4) is 0 Å². The highest BCUT2D eigenvalue weighted by molar-refractivity contribution is 6.31. The molecule has 4 heterocycles. The van der Waals surface area contributed by atoms with Gasteiger partial charge in [-0.05, 0) is 30.5 Å². The van der Waals surface area contributed by atoms with Crippen LogP contribution in [-0.2, 0) is 20.9 Å². The van der Waals surface area contributed by atoms with Crippen molar-refractivity contribution in [2.75, 3.05) is 4.90 Å². The van der Waals surface area contributed by atoms with Crippen molar-refractivity contribution < 1.29 is 18.7 Å². The number of carbonyl (C=O) groups excluding carboxylic acids is 2. The summed E-state index contributed by atoms with van der Waals surface area (Å²) in [5.74, 6) is -1.30. The van der Waals surface area contributed by atoms with Crippen LogP contribution in [0.25, 0.3) is 0 Å². The lowest BCUT2D eigenvalue weighted by Gasteiger charge is -2.15. The zero-order valence-electron chi connectivity index (χ0n) is 13.6. The van der Waals surface area contributed by atoms with E-state index in [1.807, 2.05) is 0 Å². The molecule has 0 N–H and O–H groups in total. The minimum absolute atomic E-state index is 0.147. The molecule has 5 rings (SSSR count). The fourth-order valence-corrected chi connectivity index (χ4v) is 4.55. The Hall–Kier alpha value is -2.25. The Bertz CT molecular complexity index is 902. The van der Waals surface area contributed by atoms with Crippen molar-refractivity contribution >= 4 is 29.2 Å². The molecule has 8 heteroatoms. The summed E-state index contributed by atoms with van der Waals surface area (Å²) in [6, 6.07) is 5.80. The van der Waals surface area contributed by atoms with Crippen LogP contribution in [0.2, 0.25) is 5.02 Å². The highest BCUT2D eigenvalue weighted by atomic mass is 35.5. The van der Waals surface area contributed by atoms with E-state index < -0.39 is 5.82 Å². The fraction of sp³-hybridized carbons (Fsp3) is 0.389. The molecule has 26 heavy (non-hydrogen) atoms. The maximum Gasteiger partial charge on any atom is 0.241 e. The highest BCUT2D eigenvalue weighted by Gasteiger charge is 2.63. The van der Waals surface area contributed by atoms with E-state index in [0.29, 0.717) is 22.9 Å². The number of amides is 2. The molecule has 3 aliphatic rings. The van der Waals surface area contributed by atoms with Crippen molar-refractivity contribution in [2.45, 2.75) is 31.6 Å². The van der Waals surface area contributed by atoms with Gasteiger partial charge in [-0.2, -0.15) is 5.10 Å². The number of hydrogen-bond donors (Lipinski definition) is 0. The van der Waals surface area contributed by atoms with Gasteiger partial charge < -0.3 is 4.74 Å². The molecule has 0 unspecified atom stereocenters. The van der Waals surface area contributed by atoms with Crippen molar-refractivity contribution in [3.8, 4) is 0 Å². The van der Waals surface area contributed by atoms with Gasteiger partial charge in [0.05, 0.1) is 30.6 Å². The van der Waals surface area contributed by atoms with Gasteiger partial charge in [-0.1, -0.05) is 17.7 Å². The molecule has 3 fully saturated rings. The van der Waals surface area contributed by atoms with Gasteiger partial charge in [0.1, 0.15) is 5.82 Å². The Kier molecular flexibility index (Phi) is 3.45. The number of nitrogens with zero attached hydrogens (tertiary/aromatic N) is 3. The Morgan fingerprint density at radius 2 is 1.85 bits per heavy atom. The van der Waals surface area contributed by atoms with Crippen LogP contribution >= 0.6 is 11.6 Å². The largest absolute Gasteiger partial charge is 0.373 e. The highest BCUT2D eigenvalue weighted by Crippen LogP contribution is 2.49. The monoisotopic (exact) mass is 375 g/mol. The van der Waals surface area contributed by atoms with E-state index in [9.17, 15) is 14.0 Å². The predicted octanol–water partition coefficient (Wildman–Crippen LogP) is 2.39. The van der Waals surface area contributed by atoms with Gasteiger partial charge >= 0.3 is 0 Å². The molecular weight excluding hydrogens is 361 g/mol. The summed E-state index contributed by atoms with van der Waals surface area (Å²) >= 11 is 6.05. The number of fused-ring (bicyclic) bond motifs is 5. The number of hydrogen-bond acceptors (Lipinski definition) is 4. The second kappa shape index (κ2) is 5.62. The minimum Gasteiger partial charge on any atom is -0.373 e. The Morgan fingerprint density at radius 1 is 1.15 bits per heavy atom. The van der Waals surface area contributed by atoms with Crippen LogP contribution in [0.5, 0.6) is 0 Å². The summed E-state index contributed by atoms with van der Waals surface area (Å²) < 4.78 is 20.5. The number of halogens is 2.